The van der Waals surface area contributed by atoms with Crippen LogP contribution in [0.25, 0.3) is 22.0 Å². The van der Waals surface area contributed by atoms with E-state index in [1.807, 2.05) is 49.4 Å². The van der Waals surface area contributed by atoms with Gasteiger partial charge in [0.2, 0.25) is 0 Å². The summed E-state index contributed by atoms with van der Waals surface area (Å²) in [7, 11) is 0. The maximum atomic E-state index is 11.7. The van der Waals surface area contributed by atoms with Crippen LogP contribution in [-0.2, 0) is 6.54 Å². The number of nitrogens with two attached hydrogens (primary N) is 2. The van der Waals surface area contributed by atoms with Gasteiger partial charge in [-0.25, -0.2) is 4.68 Å². The Morgan fingerprint density at radius 3 is 2.57 bits per heavy atom. The van der Waals surface area contributed by atoms with Crippen molar-refractivity contribution in [2.24, 2.45) is 5.73 Å². The van der Waals surface area contributed by atoms with Gasteiger partial charge in [-0.05, 0) is 23.8 Å². The van der Waals surface area contributed by atoms with Crippen LogP contribution in [0.1, 0.15) is 17.3 Å². The van der Waals surface area contributed by atoms with Gasteiger partial charge in [0.15, 0.2) is 0 Å². The van der Waals surface area contributed by atoms with Gasteiger partial charge in [0, 0.05) is 12.1 Å². The smallest absolute Gasteiger partial charge is 0.254 e. The molecule has 0 saturated carbocycles. The van der Waals surface area contributed by atoms with Crippen molar-refractivity contribution < 1.29 is 4.79 Å². The van der Waals surface area contributed by atoms with E-state index in [2.05, 4.69) is 5.10 Å². The summed E-state index contributed by atoms with van der Waals surface area (Å²) in [6.45, 7) is 2.50. The van der Waals surface area contributed by atoms with Crippen molar-refractivity contribution in [3.63, 3.8) is 0 Å². The molecule has 5 nitrogen and oxygen atoms in total. The van der Waals surface area contributed by atoms with Crippen LogP contribution in [0.3, 0.4) is 0 Å². The first-order valence-corrected chi connectivity index (χ1v) is 6.77. The lowest BCUT2D eigenvalue weighted by Gasteiger charge is -2.03. The zero-order valence-corrected chi connectivity index (χ0v) is 11.7. The van der Waals surface area contributed by atoms with Crippen LogP contribution in [-0.4, -0.2) is 15.7 Å². The molecule has 0 aliphatic carbocycles. The largest absolute Gasteiger partial charge is 0.383 e. The summed E-state index contributed by atoms with van der Waals surface area (Å²) in [6, 6.07) is 13.9. The van der Waals surface area contributed by atoms with Gasteiger partial charge < -0.3 is 11.5 Å². The zero-order valence-electron chi connectivity index (χ0n) is 11.7. The van der Waals surface area contributed by atoms with Crippen LogP contribution in [0.5, 0.6) is 0 Å². The number of rotatable bonds is 3. The van der Waals surface area contributed by atoms with Gasteiger partial charge in [0.25, 0.3) is 5.91 Å². The Morgan fingerprint density at radius 2 is 1.90 bits per heavy atom. The number of amides is 1. The van der Waals surface area contributed by atoms with E-state index in [0.29, 0.717) is 18.1 Å². The number of primary amides is 1. The van der Waals surface area contributed by atoms with Crippen molar-refractivity contribution in [3.8, 4) is 11.3 Å². The molecular weight excluding hydrogens is 264 g/mol. The average molecular weight is 280 g/mol. The first kappa shape index (κ1) is 13.2. The summed E-state index contributed by atoms with van der Waals surface area (Å²) in [5.74, 6) is -0.247. The van der Waals surface area contributed by atoms with Crippen molar-refractivity contribution in [3.05, 3.63) is 48.0 Å². The molecule has 0 bridgehead atoms. The fourth-order valence-electron chi connectivity index (χ4n) is 2.50. The van der Waals surface area contributed by atoms with Crippen LogP contribution >= 0.6 is 0 Å². The number of hydrogen-bond donors (Lipinski definition) is 2. The lowest BCUT2D eigenvalue weighted by Crippen LogP contribution is -2.14. The third kappa shape index (κ3) is 2.12. The predicted molar refractivity (Wildman–Crippen MR) is 83.8 cm³/mol. The fourth-order valence-corrected chi connectivity index (χ4v) is 2.50. The zero-order chi connectivity index (χ0) is 15.0. The quantitative estimate of drug-likeness (QED) is 0.772. The second kappa shape index (κ2) is 4.94. The van der Waals surface area contributed by atoms with Crippen molar-refractivity contribution in [2.45, 2.75) is 13.5 Å². The van der Waals surface area contributed by atoms with E-state index in [-0.39, 0.29) is 5.56 Å². The summed E-state index contributed by atoms with van der Waals surface area (Å²) < 4.78 is 1.59. The van der Waals surface area contributed by atoms with E-state index >= 15 is 0 Å². The highest BCUT2D eigenvalue weighted by Crippen LogP contribution is 2.29. The number of aryl methyl sites for hydroxylation is 1. The van der Waals surface area contributed by atoms with E-state index in [9.17, 15) is 4.79 Å². The summed E-state index contributed by atoms with van der Waals surface area (Å²) in [6.07, 6.45) is 0. The predicted octanol–water partition coefficient (Wildman–Crippen LogP) is 2.40. The number of fused-ring (bicyclic) bond motifs is 1. The molecule has 5 heteroatoms. The number of nitrogens with zero attached hydrogens (tertiary/aromatic N) is 2. The van der Waals surface area contributed by atoms with Crippen LogP contribution in [0.4, 0.5) is 5.82 Å². The van der Waals surface area contributed by atoms with E-state index in [1.54, 1.807) is 4.68 Å². The maximum Gasteiger partial charge on any atom is 0.254 e. The molecule has 0 saturated heterocycles. The Bertz CT molecular complexity index is 835. The Morgan fingerprint density at radius 1 is 1.19 bits per heavy atom. The van der Waals surface area contributed by atoms with Crippen molar-refractivity contribution in [2.75, 3.05) is 5.73 Å². The molecule has 1 aromatic heterocycles. The standard InChI is InChI=1S/C16H16N4O/c1-2-20-15(17)13(16(18)21)14(19-20)12-8-7-10-5-3-4-6-11(10)9-12/h3-9H,2,17H2,1H3,(H2,18,21). The first-order chi connectivity index (χ1) is 10.1. The fraction of sp³-hybridized carbons (Fsp3) is 0.125. The first-order valence-electron chi connectivity index (χ1n) is 6.77. The Balaban J connectivity index is 2.24. The molecule has 0 spiro atoms. The van der Waals surface area contributed by atoms with E-state index in [0.717, 1.165) is 16.3 Å². The molecule has 0 aliphatic heterocycles. The van der Waals surface area contributed by atoms with Gasteiger partial charge in [-0.2, -0.15) is 5.10 Å². The Labute approximate surface area is 122 Å². The third-order valence-electron chi connectivity index (χ3n) is 3.56. The van der Waals surface area contributed by atoms with Gasteiger partial charge in [0.1, 0.15) is 17.1 Å². The molecule has 4 N–H and O–H groups in total. The number of hydrogen-bond acceptors (Lipinski definition) is 3. The molecule has 3 rings (SSSR count). The lowest BCUT2D eigenvalue weighted by molar-refractivity contribution is 0.100. The molecule has 2 aromatic carbocycles. The third-order valence-corrected chi connectivity index (χ3v) is 3.56. The van der Waals surface area contributed by atoms with Gasteiger partial charge in [-0.15, -0.1) is 0 Å². The van der Waals surface area contributed by atoms with Gasteiger partial charge in [-0.3, -0.25) is 4.79 Å². The Hall–Kier alpha value is -2.82. The number of carbonyl (C=O) groups excluding carboxylic acids is 1. The van der Waals surface area contributed by atoms with E-state index in [1.165, 1.54) is 0 Å². The number of nitrogen functional groups attached to an aromatic ring is 1. The number of benzene rings is 2. The van der Waals surface area contributed by atoms with E-state index in [4.69, 9.17) is 11.5 Å². The topological polar surface area (TPSA) is 86.9 Å². The number of aromatic nitrogens is 2. The van der Waals surface area contributed by atoms with Crippen LogP contribution in [0, 0.1) is 0 Å². The second-order valence-corrected chi connectivity index (χ2v) is 4.85. The molecule has 0 radical (unpaired) electrons. The summed E-state index contributed by atoms with van der Waals surface area (Å²) >= 11 is 0. The molecule has 3 aromatic rings. The normalized spacial score (nSPS) is 10.9. The molecule has 0 fully saturated rings. The minimum Gasteiger partial charge on any atom is -0.383 e. The minimum absolute atomic E-state index is 0.284. The molecule has 21 heavy (non-hydrogen) atoms. The van der Waals surface area contributed by atoms with Crippen molar-refractivity contribution >= 4 is 22.5 Å². The SMILES string of the molecule is CCn1nc(-c2ccc3ccccc3c2)c(C(N)=O)c1N. The molecule has 0 unspecified atom stereocenters. The highest BCUT2D eigenvalue weighted by molar-refractivity contribution is 6.04. The lowest BCUT2D eigenvalue weighted by atomic mass is 10.0. The van der Waals surface area contributed by atoms with Gasteiger partial charge in [0.05, 0.1) is 0 Å². The van der Waals surface area contributed by atoms with Crippen molar-refractivity contribution in [1.29, 1.82) is 0 Å². The maximum absolute atomic E-state index is 11.7. The van der Waals surface area contributed by atoms with Crippen LogP contribution in [0.2, 0.25) is 0 Å². The monoisotopic (exact) mass is 280 g/mol. The highest BCUT2D eigenvalue weighted by atomic mass is 16.1. The van der Waals surface area contributed by atoms with Gasteiger partial charge >= 0.3 is 0 Å². The second-order valence-electron chi connectivity index (χ2n) is 4.85. The summed E-state index contributed by atoms with van der Waals surface area (Å²) in [5.41, 5.74) is 13.1. The summed E-state index contributed by atoms with van der Waals surface area (Å²) in [5, 5.41) is 6.63. The van der Waals surface area contributed by atoms with Crippen LogP contribution in [0.15, 0.2) is 42.5 Å². The Kier molecular flexibility index (Phi) is 3.10. The van der Waals surface area contributed by atoms with Gasteiger partial charge in [-0.1, -0.05) is 36.4 Å². The molecule has 0 aliphatic rings. The number of anilines is 1. The molecule has 1 amide bonds. The van der Waals surface area contributed by atoms with Crippen LogP contribution < -0.4 is 11.5 Å². The molecule has 0 atom stereocenters. The highest BCUT2D eigenvalue weighted by Gasteiger charge is 2.20. The summed E-state index contributed by atoms with van der Waals surface area (Å²) in [4.78, 5) is 11.7. The average Bonchev–Trinajstić information content (AvgIpc) is 2.83. The van der Waals surface area contributed by atoms with E-state index < -0.39 is 5.91 Å². The number of carbonyl (C=O) groups is 1. The molecule has 106 valence electrons. The molecular formula is C16H16N4O. The minimum atomic E-state index is -0.560. The molecule has 1 heterocycles. The van der Waals surface area contributed by atoms with Crippen molar-refractivity contribution in [1.82, 2.24) is 9.78 Å².